The molecule has 0 spiro atoms. The van der Waals surface area contributed by atoms with Gasteiger partial charge in [0.05, 0.1) is 0 Å². The molecule has 0 bridgehead atoms. The third-order valence-corrected chi connectivity index (χ3v) is 6.23. The molecule has 176 valence electrons. The van der Waals surface area contributed by atoms with E-state index in [2.05, 4.69) is 45.5 Å². The van der Waals surface area contributed by atoms with Crippen molar-refractivity contribution in [2.24, 2.45) is 0 Å². The van der Waals surface area contributed by atoms with Crippen molar-refractivity contribution in [3.8, 4) is 11.3 Å². The Labute approximate surface area is 199 Å². The van der Waals surface area contributed by atoms with Gasteiger partial charge in [-0.05, 0) is 62.8 Å². The van der Waals surface area contributed by atoms with Crippen LogP contribution in [0.1, 0.15) is 39.2 Å². The first-order valence-corrected chi connectivity index (χ1v) is 11.9. The van der Waals surface area contributed by atoms with Gasteiger partial charge in [-0.3, -0.25) is 9.88 Å². The first-order valence-electron chi connectivity index (χ1n) is 11.9. The van der Waals surface area contributed by atoms with Gasteiger partial charge in [-0.1, -0.05) is 30.3 Å². The van der Waals surface area contributed by atoms with E-state index in [1.807, 2.05) is 51.4 Å². The van der Waals surface area contributed by atoms with Gasteiger partial charge in [-0.25, -0.2) is 4.79 Å². The van der Waals surface area contributed by atoms with Gasteiger partial charge in [0.15, 0.2) is 0 Å². The summed E-state index contributed by atoms with van der Waals surface area (Å²) in [6.45, 7) is 8.39. The SMILES string of the molecule is CC(C)(C)OC(=O)NC1CCN(Cc2ccc3cncc(-c4cc5ccccc5o4)c3c2)CC1. The molecule has 5 rings (SSSR count). The molecular weight excluding hydrogens is 426 g/mol. The number of likely N-dealkylation sites (tertiary alicyclic amines) is 1. The van der Waals surface area contributed by atoms with Gasteiger partial charge in [0, 0.05) is 54.4 Å². The monoisotopic (exact) mass is 457 g/mol. The van der Waals surface area contributed by atoms with E-state index in [1.54, 1.807) is 0 Å². The highest BCUT2D eigenvalue weighted by atomic mass is 16.6. The van der Waals surface area contributed by atoms with E-state index in [9.17, 15) is 4.79 Å². The van der Waals surface area contributed by atoms with Crippen molar-refractivity contribution in [2.45, 2.75) is 51.8 Å². The van der Waals surface area contributed by atoms with Gasteiger partial charge in [0.25, 0.3) is 0 Å². The lowest BCUT2D eigenvalue weighted by molar-refractivity contribution is 0.0477. The summed E-state index contributed by atoms with van der Waals surface area (Å²) in [5.41, 5.74) is 2.68. The molecule has 0 atom stereocenters. The van der Waals surface area contributed by atoms with Crippen LogP contribution >= 0.6 is 0 Å². The number of fused-ring (bicyclic) bond motifs is 2. The molecule has 6 heteroatoms. The van der Waals surface area contributed by atoms with Crippen LogP contribution < -0.4 is 5.32 Å². The zero-order chi connectivity index (χ0) is 23.7. The fraction of sp³-hybridized carbons (Fsp3) is 0.357. The molecular formula is C28H31N3O3. The molecule has 1 aliphatic rings. The standard InChI is InChI=1S/C28H31N3O3/c1-28(2,3)34-27(32)30-22-10-12-31(13-11-22)18-19-8-9-21-16-29-17-24(23(21)14-19)26-15-20-6-4-5-7-25(20)33-26/h4-9,14-17,22H,10-13,18H2,1-3H3,(H,30,32). The van der Waals surface area contributed by atoms with E-state index in [-0.39, 0.29) is 12.1 Å². The Morgan fingerprint density at radius 1 is 1.09 bits per heavy atom. The van der Waals surface area contributed by atoms with Crippen molar-refractivity contribution in [1.82, 2.24) is 15.2 Å². The second kappa shape index (κ2) is 9.11. The predicted molar refractivity (Wildman–Crippen MR) is 135 cm³/mol. The molecule has 0 aliphatic carbocycles. The van der Waals surface area contributed by atoms with E-state index in [1.165, 1.54) is 5.56 Å². The largest absolute Gasteiger partial charge is 0.456 e. The van der Waals surface area contributed by atoms with Crippen LogP contribution in [0, 0.1) is 0 Å². The molecule has 3 heterocycles. The quantitative estimate of drug-likeness (QED) is 0.399. The van der Waals surface area contributed by atoms with Gasteiger partial charge >= 0.3 is 6.09 Å². The maximum atomic E-state index is 12.1. The summed E-state index contributed by atoms with van der Waals surface area (Å²) in [5, 5.41) is 6.35. The number of rotatable bonds is 4. The number of nitrogens with one attached hydrogen (secondary N) is 1. The fourth-order valence-corrected chi connectivity index (χ4v) is 4.59. The number of hydrogen-bond acceptors (Lipinski definition) is 5. The molecule has 1 amide bonds. The summed E-state index contributed by atoms with van der Waals surface area (Å²) in [6, 6.07) is 16.9. The van der Waals surface area contributed by atoms with Crippen LogP contribution in [0.2, 0.25) is 0 Å². The molecule has 1 saturated heterocycles. The Bertz CT molecular complexity index is 1280. The van der Waals surface area contributed by atoms with Gasteiger partial charge in [0.2, 0.25) is 0 Å². The summed E-state index contributed by atoms with van der Waals surface area (Å²) in [5.74, 6) is 0.838. The number of hydrogen-bond donors (Lipinski definition) is 1. The van der Waals surface area contributed by atoms with Crippen LogP contribution in [0.15, 0.2) is 65.3 Å². The number of pyridine rings is 1. The van der Waals surface area contributed by atoms with E-state index >= 15 is 0 Å². The summed E-state index contributed by atoms with van der Waals surface area (Å²) >= 11 is 0. The highest BCUT2D eigenvalue weighted by Crippen LogP contribution is 2.33. The molecule has 2 aromatic carbocycles. The zero-order valence-corrected chi connectivity index (χ0v) is 20.0. The Kier molecular flexibility index (Phi) is 6.00. The van der Waals surface area contributed by atoms with E-state index in [4.69, 9.17) is 9.15 Å². The molecule has 0 radical (unpaired) electrons. The van der Waals surface area contributed by atoms with E-state index in [0.717, 1.165) is 65.5 Å². The van der Waals surface area contributed by atoms with Crippen molar-refractivity contribution >= 4 is 27.8 Å². The van der Waals surface area contributed by atoms with E-state index in [0.29, 0.717) is 0 Å². The van der Waals surface area contributed by atoms with Crippen molar-refractivity contribution in [3.05, 3.63) is 66.5 Å². The minimum atomic E-state index is -0.475. The van der Waals surface area contributed by atoms with Crippen LogP contribution in [0.3, 0.4) is 0 Å². The number of carbonyl (C=O) groups excluding carboxylic acids is 1. The summed E-state index contributed by atoms with van der Waals surface area (Å²) in [4.78, 5) is 19.0. The Morgan fingerprint density at radius 3 is 2.65 bits per heavy atom. The van der Waals surface area contributed by atoms with Gasteiger partial charge in [-0.15, -0.1) is 0 Å². The first-order chi connectivity index (χ1) is 16.3. The highest BCUT2D eigenvalue weighted by molar-refractivity contribution is 5.97. The minimum Gasteiger partial charge on any atom is -0.456 e. The molecule has 1 fully saturated rings. The number of benzene rings is 2. The van der Waals surface area contributed by atoms with Crippen molar-refractivity contribution in [1.29, 1.82) is 0 Å². The number of aromatic nitrogens is 1. The normalized spacial score (nSPS) is 15.6. The lowest BCUT2D eigenvalue weighted by atomic mass is 10.0. The number of carbonyl (C=O) groups is 1. The maximum absolute atomic E-state index is 12.1. The van der Waals surface area contributed by atoms with Gasteiger partial charge in [-0.2, -0.15) is 0 Å². The Morgan fingerprint density at radius 2 is 1.88 bits per heavy atom. The number of furan rings is 1. The first kappa shape index (κ1) is 22.4. The van der Waals surface area contributed by atoms with Gasteiger partial charge < -0.3 is 14.5 Å². The lowest BCUT2D eigenvalue weighted by Gasteiger charge is -2.32. The molecule has 0 saturated carbocycles. The third kappa shape index (κ3) is 5.07. The average Bonchev–Trinajstić information content (AvgIpc) is 3.23. The predicted octanol–water partition coefficient (Wildman–Crippen LogP) is 6.14. The molecule has 34 heavy (non-hydrogen) atoms. The molecule has 4 aromatic rings. The molecule has 1 aliphatic heterocycles. The van der Waals surface area contributed by atoms with Crippen LogP contribution in [0.25, 0.3) is 33.1 Å². The maximum Gasteiger partial charge on any atom is 0.407 e. The molecule has 1 N–H and O–H groups in total. The van der Waals surface area contributed by atoms with Crippen molar-refractivity contribution in [3.63, 3.8) is 0 Å². The number of piperidine rings is 1. The fourth-order valence-electron chi connectivity index (χ4n) is 4.59. The topological polar surface area (TPSA) is 67.6 Å². The van der Waals surface area contributed by atoms with Crippen LogP contribution in [0.4, 0.5) is 4.79 Å². The lowest BCUT2D eigenvalue weighted by Crippen LogP contribution is -2.45. The molecule has 0 unspecified atom stereocenters. The molecule has 2 aromatic heterocycles. The Hall–Kier alpha value is -3.38. The van der Waals surface area contributed by atoms with Crippen LogP contribution in [0.5, 0.6) is 0 Å². The zero-order valence-electron chi connectivity index (χ0n) is 20.0. The number of para-hydroxylation sites is 1. The van der Waals surface area contributed by atoms with Crippen molar-refractivity contribution in [2.75, 3.05) is 13.1 Å². The number of alkyl carbamates (subject to hydrolysis) is 1. The second-order valence-corrected chi connectivity index (χ2v) is 10.1. The number of nitrogens with zero attached hydrogens (tertiary/aromatic N) is 2. The Balaban J connectivity index is 1.28. The van der Waals surface area contributed by atoms with Crippen LogP contribution in [-0.4, -0.2) is 40.7 Å². The number of amides is 1. The summed E-state index contributed by atoms with van der Waals surface area (Å²) < 4.78 is 11.5. The number of ether oxygens (including phenoxy) is 1. The highest BCUT2D eigenvalue weighted by Gasteiger charge is 2.23. The second-order valence-electron chi connectivity index (χ2n) is 10.1. The average molecular weight is 458 g/mol. The smallest absolute Gasteiger partial charge is 0.407 e. The third-order valence-electron chi connectivity index (χ3n) is 6.23. The minimum absolute atomic E-state index is 0.161. The van der Waals surface area contributed by atoms with Crippen LogP contribution in [-0.2, 0) is 11.3 Å². The van der Waals surface area contributed by atoms with Crippen molar-refractivity contribution < 1.29 is 13.9 Å². The summed E-state index contributed by atoms with van der Waals surface area (Å²) in [6.07, 6.45) is 5.30. The summed E-state index contributed by atoms with van der Waals surface area (Å²) in [7, 11) is 0. The van der Waals surface area contributed by atoms with Gasteiger partial charge in [0.1, 0.15) is 16.9 Å². The molecule has 6 nitrogen and oxygen atoms in total. The van der Waals surface area contributed by atoms with E-state index < -0.39 is 5.60 Å².